The summed E-state index contributed by atoms with van der Waals surface area (Å²) in [5.74, 6) is 1.95. The van der Waals surface area contributed by atoms with Crippen molar-refractivity contribution in [2.75, 3.05) is 19.6 Å². The minimum Gasteiger partial charge on any atom is -0.340 e. The first-order chi connectivity index (χ1) is 8.66. The second-order valence-corrected chi connectivity index (χ2v) is 6.32. The van der Waals surface area contributed by atoms with E-state index in [4.69, 9.17) is 0 Å². The molecule has 1 heterocycles. The standard InChI is InChI=1S/C15H28N2O/c1-12(2)17(11-14-3-4-14)15(18)6-5-13-7-9-16-10-8-13/h12-14,16H,3-11H2,1-2H3. The second kappa shape index (κ2) is 6.55. The lowest BCUT2D eigenvalue weighted by molar-refractivity contribution is -0.133. The van der Waals surface area contributed by atoms with Gasteiger partial charge in [0.25, 0.3) is 0 Å². The van der Waals surface area contributed by atoms with E-state index in [-0.39, 0.29) is 0 Å². The van der Waals surface area contributed by atoms with Gasteiger partial charge in [0.2, 0.25) is 5.91 Å². The largest absolute Gasteiger partial charge is 0.340 e. The molecule has 0 atom stereocenters. The highest BCUT2D eigenvalue weighted by Gasteiger charge is 2.28. The van der Waals surface area contributed by atoms with Crippen LogP contribution in [-0.4, -0.2) is 36.5 Å². The summed E-state index contributed by atoms with van der Waals surface area (Å²) in [4.78, 5) is 14.4. The molecule has 2 fully saturated rings. The van der Waals surface area contributed by atoms with E-state index < -0.39 is 0 Å². The van der Waals surface area contributed by atoms with E-state index in [1.165, 1.54) is 25.7 Å². The molecule has 2 rings (SSSR count). The number of amides is 1. The molecule has 1 aliphatic heterocycles. The van der Waals surface area contributed by atoms with Gasteiger partial charge in [0, 0.05) is 19.0 Å². The first kappa shape index (κ1) is 13.9. The van der Waals surface area contributed by atoms with Crippen LogP contribution in [-0.2, 0) is 4.79 Å². The van der Waals surface area contributed by atoms with Gasteiger partial charge >= 0.3 is 0 Å². The Hall–Kier alpha value is -0.570. The van der Waals surface area contributed by atoms with Crippen molar-refractivity contribution >= 4 is 5.91 Å². The molecule has 2 aliphatic rings. The Morgan fingerprint density at radius 2 is 1.83 bits per heavy atom. The third-order valence-electron chi connectivity index (χ3n) is 4.32. The van der Waals surface area contributed by atoms with Gasteiger partial charge in [0.1, 0.15) is 0 Å². The van der Waals surface area contributed by atoms with E-state index in [2.05, 4.69) is 24.1 Å². The van der Waals surface area contributed by atoms with Crippen LogP contribution in [0.5, 0.6) is 0 Å². The molecule has 0 aromatic rings. The quantitative estimate of drug-likeness (QED) is 0.787. The molecule has 104 valence electrons. The predicted molar refractivity (Wildman–Crippen MR) is 74.4 cm³/mol. The van der Waals surface area contributed by atoms with Crippen LogP contribution < -0.4 is 5.32 Å². The zero-order chi connectivity index (χ0) is 13.0. The highest BCUT2D eigenvalue weighted by molar-refractivity contribution is 5.76. The molecule has 0 unspecified atom stereocenters. The zero-order valence-electron chi connectivity index (χ0n) is 12.0. The van der Waals surface area contributed by atoms with Gasteiger partial charge in [-0.3, -0.25) is 4.79 Å². The van der Waals surface area contributed by atoms with Gasteiger partial charge in [-0.2, -0.15) is 0 Å². The maximum Gasteiger partial charge on any atom is 0.222 e. The molecule has 1 N–H and O–H groups in total. The fourth-order valence-electron chi connectivity index (χ4n) is 2.82. The van der Waals surface area contributed by atoms with E-state index in [1.54, 1.807) is 0 Å². The van der Waals surface area contributed by atoms with E-state index in [0.717, 1.165) is 44.3 Å². The Morgan fingerprint density at radius 3 is 2.39 bits per heavy atom. The summed E-state index contributed by atoms with van der Waals surface area (Å²) in [6.45, 7) is 7.56. The molecule has 3 nitrogen and oxygen atoms in total. The summed E-state index contributed by atoms with van der Waals surface area (Å²) >= 11 is 0. The molecule has 1 amide bonds. The molecule has 18 heavy (non-hydrogen) atoms. The summed E-state index contributed by atoms with van der Waals surface area (Å²) in [6.07, 6.45) is 6.99. The van der Waals surface area contributed by atoms with Gasteiger partial charge in [0.05, 0.1) is 0 Å². The highest BCUT2D eigenvalue weighted by Crippen LogP contribution is 2.30. The van der Waals surface area contributed by atoms with Crippen molar-refractivity contribution in [3.63, 3.8) is 0 Å². The number of nitrogens with zero attached hydrogens (tertiary/aromatic N) is 1. The summed E-state index contributed by atoms with van der Waals surface area (Å²) < 4.78 is 0. The topological polar surface area (TPSA) is 32.3 Å². The maximum atomic E-state index is 12.3. The predicted octanol–water partition coefficient (Wildman–Crippen LogP) is 2.41. The summed E-state index contributed by atoms with van der Waals surface area (Å²) in [7, 11) is 0. The van der Waals surface area contributed by atoms with E-state index in [0.29, 0.717) is 11.9 Å². The van der Waals surface area contributed by atoms with E-state index in [9.17, 15) is 4.79 Å². The molecule has 3 heteroatoms. The van der Waals surface area contributed by atoms with Crippen molar-refractivity contribution in [2.45, 2.75) is 58.4 Å². The summed E-state index contributed by atoms with van der Waals surface area (Å²) in [6, 6.07) is 0.367. The molecule has 0 bridgehead atoms. The number of carbonyl (C=O) groups excluding carboxylic acids is 1. The van der Waals surface area contributed by atoms with Crippen molar-refractivity contribution < 1.29 is 4.79 Å². The molecular formula is C15H28N2O. The van der Waals surface area contributed by atoms with Gasteiger partial charge < -0.3 is 10.2 Å². The Balaban J connectivity index is 1.73. The Morgan fingerprint density at radius 1 is 1.17 bits per heavy atom. The third-order valence-corrected chi connectivity index (χ3v) is 4.32. The molecule has 1 saturated carbocycles. The van der Waals surface area contributed by atoms with Crippen molar-refractivity contribution in [1.82, 2.24) is 10.2 Å². The lowest BCUT2D eigenvalue weighted by Gasteiger charge is -2.28. The van der Waals surface area contributed by atoms with Gasteiger partial charge in [-0.05, 0) is 70.9 Å². The van der Waals surface area contributed by atoms with Gasteiger partial charge in [0.15, 0.2) is 0 Å². The maximum absolute atomic E-state index is 12.3. The number of piperidine rings is 1. The van der Waals surface area contributed by atoms with E-state index in [1.807, 2.05) is 0 Å². The average Bonchev–Trinajstić information content (AvgIpc) is 3.18. The van der Waals surface area contributed by atoms with Crippen molar-refractivity contribution in [3.05, 3.63) is 0 Å². The monoisotopic (exact) mass is 252 g/mol. The number of carbonyl (C=O) groups is 1. The Bertz CT molecular complexity index is 268. The zero-order valence-corrected chi connectivity index (χ0v) is 12.0. The van der Waals surface area contributed by atoms with Gasteiger partial charge in [-0.25, -0.2) is 0 Å². The molecule has 0 spiro atoms. The number of rotatable bonds is 6. The van der Waals surface area contributed by atoms with Crippen LogP contribution in [0.4, 0.5) is 0 Å². The minimum absolute atomic E-state index is 0.367. The lowest BCUT2D eigenvalue weighted by Crippen LogP contribution is -2.38. The van der Waals surface area contributed by atoms with Crippen molar-refractivity contribution in [3.8, 4) is 0 Å². The van der Waals surface area contributed by atoms with E-state index >= 15 is 0 Å². The smallest absolute Gasteiger partial charge is 0.222 e. The van der Waals surface area contributed by atoms with Crippen molar-refractivity contribution in [2.24, 2.45) is 11.8 Å². The molecular weight excluding hydrogens is 224 g/mol. The highest BCUT2D eigenvalue weighted by atomic mass is 16.2. The first-order valence-electron chi connectivity index (χ1n) is 7.67. The fourth-order valence-corrected chi connectivity index (χ4v) is 2.82. The van der Waals surface area contributed by atoms with Crippen LogP contribution in [0, 0.1) is 11.8 Å². The van der Waals surface area contributed by atoms with Crippen LogP contribution in [0.1, 0.15) is 52.4 Å². The summed E-state index contributed by atoms with van der Waals surface area (Å²) in [5, 5.41) is 3.38. The third kappa shape index (κ3) is 4.27. The number of hydrogen-bond donors (Lipinski definition) is 1. The molecule has 1 aliphatic carbocycles. The average molecular weight is 252 g/mol. The Kier molecular flexibility index (Phi) is 5.04. The first-order valence-corrected chi connectivity index (χ1v) is 7.67. The minimum atomic E-state index is 0.367. The summed E-state index contributed by atoms with van der Waals surface area (Å²) in [5.41, 5.74) is 0. The Labute approximate surface area is 111 Å². The van der Waals surface area contributed by atoms with Crippen LogP contribution >= 0.6 is 0 Å². The van der Waals surface area contributed by atoms with Crippen LogP contribution in [0.25, 0.3) is 0 Å². The number of nitrogens with one attached hydrogen (secondary N) is 1. The SMILES string of the molecule is CC(C)N(CC1CC1)C(=O)CCC1CCNCC1. The molecule has 0 aromatic carbocycles. The molecule has 1 saturated heterocycles. The van der Waals surface area contributed by atoms with Crippen LogP contribution in [0.2, 0.25) is 0 Å². The number of hydrogen-bond acceptors (Lipinski definition) is 2. The fraction of sp³-hybridized carbons (Fsp3) is 0.933. The van der Waals surface area contributed by atoms with Gasteiger partial charge in [-0.1, -0.05) is 0 Å². The normalized spacial score (nSPS) is 21.3. The molecule has 0 radical (unpaired) electrons. The molecule has 0 aromatic heterocycles. The van der Waals surface area contributed by atoms with Gasteiger partial charge in [-0.15, -0.1) is 0 Å². The van der Waals surface area contributed by atoms with Crippen LogP contribution in [0.15, 0.2) is 0 Å². The lowest BCUT2D eigenvalue weighted by atomic mass is 9.93. The second-order valence-electron chi connectivity index (χ2n) is 6.32. The van der Waals surface area contributed by atoms with Crippen molar-refractivity contribution in [1.29, 1.82) is 0 Å². The van der Waals surface area contributed by atoms with Crippen LogP contribution in [0.3, 0.4) is 0 Å².